The third kappa shape index (κ3) is 4.24. The van der Waals surface area contributed by atoms with Crippen molar-refractivity contribution in [3.63, 3.8) is 0 Å². The number of aryl methyl sites for hydroxylation is 1. The van der Waals surface area contributed by atoms with Gasteiger partial charge in [0.15, 0.2) is 0 Å². The third-order valence-electron chi connectivity index (χ3n) is 6.54. The number of carbonyl (C=O) groups is 1. The highest BCUT2D eigenvalue weighted by Gasteiger charge is 2.29. The van der Waals surface area contributed by atoms with Gasteiger partial charge in [0.25, 0.3) is 5.56 Å². The van der Waals surface area contributed by atoms with E-state index in [0.717, 1.165) is 28.0 Å². The van der Waals surface area contributed by atoms with Crippen molar-refractivity contribution in [3.05, 3.63) is 96.0 Å². The molecule has 0 spiro atoms. The summed E-state index contributed by atoms with van der Waals surface area (Å²) in [5.41, 5.74) is 2.58. The van der Waals surface area contributed by atoms with Crippen LogP contribution in [0.4, 0.5) is 4.79 Å². The second kappa shape index (κ2) is 9.95. The maximum absolute atomic E-state index is 13.9. The summed E-state index contributed by atoms with van der Waals surface area (Å²) >= 11 is 7.83. The first kappa shape index (κ1) is 24.3. The molecular weight excluding hydrogens is 498 g/mol. The lowest BCUT2D eigenvalue weighted by Crippen LogP contribution is -2.39. The fourth-order valence-electron chi connectivity index (χ4n) is 4.62. The predicted molar refractivity (Wildman–Crippen MR) is 143 cm³/mol. The van der Waals surface area contributed by atoms with Crippen molar-refractivity contribution in [2.45, 2.75) is 39.8 Å². The van der Waals surface area contributed by atoms with E-state index in [4.69, 9.17) is 16.3 Å². The van der Waals surface area contributed by atoms with Gasteiger partial charge in [-0.05, 0) is 54.7 Å². The highest BCUT2D eigenvalue weighted by atomic mass is 35.5. The molecule has 3 heterocycles. The van der Waals surface area contributed by atoms with Gasteiger partial charge in [-0.3, -0.25) is 9.36 Å². The summed E-state index contributed by atoms with van der Waals surface area (Å²) in [5, 5.41) is 1.09. The number of hydrogen-bond acceptors (Lipinski definition) is 5. The Morgan fingerprint density at radius 1 is 1.08 bits per heavy atom. The number of thiophene rings is 1. The molecule has 5 rings (SSSR count). The zero-order valence-electron chi connectivity index (χ0n) is 20.1. The number of benzene rings is 2. The topological polar surface area (TPSA) is 73.5 Å². The molecule has 7 nitrogen and oxygen atoms in total. The van der Waals surface area contributed by atoms with Gasteiger partial charge in [-0.2, -0.15) is 0 Å². The van der Waals surface area contributed by atoms with E-state index in [2.05, 4.69) is 6.92 Å². The molecule has 0 radical (unpaired) electrons. The van der Waals surface area contributed by atoms with Crippen LogP contribution in [0.1, 0.15) is 35.4 Å². The van der Waals surface area contributed by atoms with Crippen molar-refractivity contribution in [2.75, 3.05) is 13.2 Å². The third-order valence-corrected chi connectivity index (χ3v) is 8.15. The summed E-state index contributed by atoms with van der Waals surface area (Å²) in [6.45, 7) is 5.15. The van der Waals surface area contributed by atoms with Crippen LogP contribution in [0.2, 0.25) is 5.02 Å². The van der Waals surface area contributed by atoms with E-state index in [0.29, 0.717) is 47.0 Å². The predicted octanol–water partition coefficient (Wildman–Crippen LogP) is 4.99. The van der Waals surface area contributed by atoms with Crippen LogP contribution in [0.15, 0.2) is 58.1 Å². The van der Waals surface area contributed by atoms with Crippen LogP contribution in [-0.4, -0.2) is 33.3 Å². The number of amides is 1. The number of halogens is 1. The fraction of sp³-hybridized carbons (Fsp3) is 0.296. The maximum Gasteiger partial charge on any atom is 0.410 e. The Kier molecular flexibility index (Phi) is 6.73. The molecule has 1 aliphatic rings. The lowest BCUT2D eigenvalue weighted by Gasteiger charge is -2.25. The molecule has 0 unspecified atom stereocenters. The first-order chi connectivity index (χ1) is 17.4. The zero-order chi connectivity index (χ0) is 25.4. The molecule has 0 atom stereocenters. The van der Waals surface area contributed by atoms with Crippen LogP contribution in [-0.2, 0) is 30.7 Å². The van der Waals surface area contributed by atoms with Gasteiger partial charge in [0.05, 0.1) is 30.8 Å². The molecule has 36 heavy (non-hydrogen) atoms. The summed E-state index contributed by atoms with van der Waals surface area (Å²) in [5.74, 6) is 0. The lowest BCUT2D eigenvalue weighted by atomic mass is 10.1. The number of nitrogens with zero attached hydrogens (tertiary/aromatic N) is 3. The van der Waals surface area contributed by atoms with Crippen molar-refractivity contribution in [1.82, 2.24) is 14.0 Å². The van der Waals surface area contributed by atoms with E-state index >= 15 is 0 Å². The van der Waals surface area contributed by atoms with Crippen molar-refractivity contribution >= 4 is 39.2 Å². The van der Waals surface area contributed by atoms with E-state index in [-0.39, 0.29) is 18.2 Å². The average molecular weight is 524 g/mol. The second-order valence-electron chi connectivity index (χ2n) is 8.68. The van der Waals surface area contributed by atoms with E-state index in [1.807, 2.05) is 42.5 Å². The van der Waals surface area contributed by atoms with Gasteiger partial charge < -0.3 is 9.64 Å². The van der Waals surface area contributed by atoms with Crippen molar-refractivity contribution in [1.29, 1.82) is 0 Å². The Balaban J connectivity index is 1.73. The standard InChI is InChI=1S/C27H26ClN3O4S/c1-3-17-9-11-19(12-10-17)31-24(32)23-20-13-14-29(27(34)35-4-2)16-22(20)36-25(23)30(26(31)33)15-18-7-5-6-8-21(18)28/h5-12H,3-4,13-16H2,1-2H3. The molecule has 0 bridgehead atoms. The van der Waals surface area contributed by atoms with Gasteiger partial charge in [-0.15, -0.1) is 11.3 Å². The Labute approximate surface area is 217 Å². The molecule has 0 fully saturated rings. The first-order valence-electron chi connectivity index (χ1n) is 12.0. The highest BCUT2D eigenvalue weighted by Crippen LogP contribution is 2.34. The number of carbonyl (C=O) groups excluding carboxylic acids is 1. The molecular formula is C27H26ClN3O4S. The van der Waals surface area contributed by atoms with Crippen molar-refractivity contribution in [2.24, 2.45) is 0 Å². The highest BCUT2D eigenvalue weighted by molar-refractivity contribution is 7.18. The van der Waals surface area contributed by atoms with Gasteiger partial charge in [0.2, 0.25) is 0 Å². The van der Waals surface area contributed by atoms with Gasteiger partial charge in [0, 0.05) is 16.4 Å². The van der Waals surface area contributed by atoms with Gasteiger partial charge >= 0.3 is 11.8 Å². The summed E-state index contributed by atoms with van der Waals surface area (Å²) in [4.78, 5) is 43.2. The molecule has 1 aliphatic heterocycles. The average Bonchev–Trinajstić information content (AvgIpc) is 3.27. The largest absolute Gasteiger partial charge is 0.450 e. The van der Waals surface area contributed by atoms with E-state index in [1.54, 1.807) is 22.5 Å². The molecule has 9 heteroatoms. The minimum Gasteiger partial charge on any atom is -0.450 e. The Hall–Kier alpha value is -3.36. The quantitative estimate of drug-likeness (QED) is 0.369. The summed E-state index contributed by atoms with van der Waals surface area (Å²) in [6, 6.07) is 14.9. The molecule has 0 aliphatic carbocycles. The number of ether oxygens (including phenoxy) is 1. The molecule has 2 aromatic carbocycles. The van der Waals surface area contributed by atoms with Gasteiger partial charge in [0.1, 0.15) is 4.83 Å². The number of aromatic nitrogens is 2. The first-order valence-corrected chi connectivity index (χ1v) is 13.2. The maximum atomic E-state index is 13.9. The Bertz CT molecular complexity index is 1570. The molecule has 4 aromatic rings. The zero-order valence-corrected chi connectivity index (χ0v) is 21.7. The van der Waals surface area contributed by atoms with Crippen LogP contribution in [0.5, 0.6) is 0 Å². The van der Waals surface area contributed by atoms with Crippen LogP contribution < -0.4 is 11.2 Å². The monoisotopic (exact) mass is 523 g/mol. The number of hydrogen-bond donors (Lipinski definition) is 0. The summed E-state index contributed by atoms with van der Waals surface area (Å²) < 4.78 is 8.06. The van der Waals surface area contributed by atoms with Crippen LogP contribution in [0, 0.1) is 0 Å². The normalized spacial score (nSPS) is 13.1. The van der Waals surface area contributed by atoms with E-state index < -0.39 is 5.69 Å². The molecule has 0 N–H and O–H groups in total. The van der Waals surface area contributed by atoms with Gasteiger partial charge in [-0.1, -0.05) is 48.9 Å². The fourth-order valence-corrected chi connectivity index (χ4v) is 6.16. The van der Waals surface area contributed by atoms with E-state index in [1.165, 1.54) is 15.9 Å². The van der Waals surface area contributed by atoms with Crippen molar-refractivity contribution in [3.8, 4) is 5.69 Å². The molecule has 2 aromatic heterocycles. The lowest BCUT2D eigenvalue weighted by molar-refractivity contribution is 0.103. The van der Waals surface area contributed by atoms with Crippen LogP contribution >= 0.6 is 22.9 Å². The van der Waals surface area contributed by atoms with Crippen LogP contribution in [0.25, 0.3) is 15.9 Å². The number of fused-ring (bicyclic) bond motifs is 3. The number of rotatable bonds is 5. The van der Waals surface area contributed by atoms with Gasteiger partial charge in [-0.25, -0.2) is 14.2 Å². The minimum atomic E-state index is -0.419. The SMILES string of the molecule is CCOC(=O)N1CCc2c(sc3c2c(=O)n(-c2ccc(CC)cc2)c(=O)n3Cc2ccccc2Cl)C1. The summed E-state index contributed by atoms with van der Waals surface area (Å²) in [6.07, 6.45) is 1.00. The van der Waals surface area contributed by atoms with E-state index in [9.17, 15) is 14.4 Å². The molecule has 1 amide bonds. The Morgan fingerprint density at radius 2 is 1.83 bits per heavy atom. The Morgan fingerprint density at radius 3 is 2.53 bits per heavy atom. The molecule has 186 valence electrons. The smallest absolute Gasteiger partial charge is 0.410 e. The minimum absolute atomic E-state index is 0.226. The second-order valence-corrected chi connectivity index (χ2v) is 10.2. The molecule has 0 saturated heterocycles. The van der Waals surface area contributed by atoms with Crippen molar-refractivity contribution < 1.29 is 9.53 Å². The molecule has 0 saturated carbocycles. The summed E-state index contributed by atoms with van der Waals surface area (Å²) in [7, 11) is 0. The van der Waals surface area contributed by atoms with Crippen LogP contribution in [0.3, 0.4) is 0 Å².